The van der Waals surface area contributed by atoms with Crippen molar-refractivity contribution in [1.29, 1.82) is 0 Å². The van der Waals surface area contributed by atoms with Crippen molar-refractivity contribution in [2.45, 2.75) is 25.9 Å². The highest BCUT2D eigenvalue weighted by Gasteiger charge is 2.27. The summed E-state index contributed by atoms with van der Waals surface area (Å²) >= 11 is 6.04. The molecular weight excluding hydrogens is 324 g/mol. The van der Waals surface area contributed by atoms with E-state index in [2.05, 4.69) is 4.98 Å². The maximum Gasteiger partial charge on any atom is 0.258 e. The first kappa shape index (κ1) is 15.6. The zero-order valence-electron chi connectivity index (χ0n) is 13.4. The number of ether oxygens (including phenoxy) is 1. The fraction of sp³-hybridized carbons (Fsp3) is 0.368. The molecule has 1 saturated carbocycles. The normalized spacial score (nSPS) is 17.0. The molecule has 1 aromatic heterocycles. The molecule has 0 N–H and O–H groups in total. The highest BCUT2D eigenvalue weighted by atomic mass is 35.5. The van der Waals surface area contributed by atoms with Crippen LogP contribution in [0.2, 0.25) is 5.02 Å². The van der Waals surface area contributed by atoms with E-state index in [-0.39, 0.29) is 5.91 Å². The monoisotopic (exact) mass is 342 g/mol. The second-order valence-corrected chi connectivity index (χ2v) is 6.91. The second-order valence-electron chi connectivity index (χ2n) is 6.47. The molecule has 5 heteroatoms. The number of pyridine rings is 1. The Balaban J connectivity index is 1.57. The van der Waals surface area contributed by atoms with Gasteiger partial charge in [-0.3, -0.25) is 9.78 Å². The largest absolute Gasteiger partial charge is 0.376 e. The molecule has 1 aliphatic carbocycles. The molecule has 1 aromatic carbocycles. The van der Waals surface area contributed by atoms with Crippen LogP contribution in [0.15, 0.2) is 36.7 Å². The average molecular weight is 343 g/mol. The molecule has 0 radical (unpaired) electrons. The zero-order valence-corrected chi connectivity index (χ0v) is 14.1. The van der Waals surface area contributed by atoms with Crippen molar-refractivity contribution in [3.8, 4) is 0 Å². The number of halogens is 1. The first-order valence-corrected chi connectivity index (χ1v) is 8.71. The summed E-state index contributed by atoms with van der Waals surface area (Å²) in [4.78, 5) is 18.9. The van der Waals surface area contributed by atoms with Crippen LogP contribution in [0.3, 0.4) is 0 Å². The molecule has 0 spiro atoms. The SMILES string of the molecule is O=C1c2ccc(Cl)cc2CCN1c1cnccc1COCC1CC1. The molecule has 0 unspecified atom stereocenters. The van der Waals surface area contributed by atoms with Crippen LogP contribution >= 0.6 is 11.6 Å². The van der Waals surface area contributed by atoms with Crippen molar-refractivity contribution < 1.29 is 9.53 Å². The van der Waals surface area contributed by atoms with E-state index in [4.69, 9.17) is 16.3 Å². The molecule has 4 nitrogen and oxygen atoms in total. The molecule has 1 fully saturated rings. The molecule has 2 heterocycles. The number of carbonyl (C=O) groups excluding carboxylic acids is 1. The molecular formula is C19H19ClN2O2. The Morgan fingerprint density at radius 2 is 2.17 bits per heavy atom. The van der Waals surface area contributed by atoms with Crippen molar-refractivity contribution >= 4 is 23.2 Å². The number of fused-ring (bicyclic) bond motifs is 1. The Kier molecular flexibility index (Phi) is 4.25. The van der Waals surface area contributed by atoms with Gasteiger partial charge in [0.25, 0.3) is 5.91 Å². The van der Waals surface area contributed by atoms with Crippen LogP contribution in [0.25, 0.3) is 0 Å². The van der Waals surface area contributed by atoms with Crippen LogP contribution < -0.4 is 4.90 Å². The molecule has 1 aliphatic heterocycles. The van der Waals surface area contributed by atoms with E-state index in [1.807, 2.05) is 18.2 Å². The van der Waals surface area contributed by atoms with Crippen molar-refractivity contribution in [1.82, 2.24) is 4.98 Å². The Morgan fingerprint density at radius 3 is 3.00 bits per heavy atom. The maximum absolute atomic E-state index is 12.9. The number of amides is 1. The van der Waals surface area contributed by atoms with Crippen molar-refractivity contribution in [3.63, 3.8) is 0 Å². The van der Waals surface area contributed by atoms with Gasteiger partial charge in [0.2, 0.25) is 0 Å². The summed E-state index contributed by atoms with van der Waals surface area (Å²) in [6.07, 6.45) is 6.84. The van der Waals surface area contributed by atoms with Gasteiger partial charge in [0.15, 0.2) is 0 Å². The maximum atomic E-state index is 12.9. The van der Waals surface area contributed by atoms with Gasteiger partial charge in [0.1, 0.15) is 0 Å². The number of hydrogen-bond donors (Lipinski definition) is 0. The molecule has 2 aromatic rings. The van der Waals surface area contributed by atoms with E-state index in [9.17, 15) is 4.79 Å². The highest BCUT2D eigenvalue weighted by Crippen LogP contribution is 2.31. The van der Waals surface area contributed by atoms with E-state index in [0.717, 1.165) is 41.3 Å². The molecule has 2 aliphatic rings. The topological polar surface area (TPSA) is 42.4 Å². The fourth-order valence-corrected chi connectivity index (χ4v) is 3.28. The lowest BCUT2D eigenvalue weighted by atomic mass is 9.98. The summed E-state index contributed by atoms with van der Waals surface area (Å²) in [6.45, 7) is 1.95. The van der Waals surface area contributed by atoms with Gasteiger partial charge in [-0.25, -0.2) is 0 Å². The lowest BCUT2D eigenvalue weighted by Crippen LogP contribution is -2.38. The second kappa shape index (κ2) is 6.54. The molecule has 0 atom stereocenters. The van der Waals surface area contributed by atoms with Crippen LogP contribution in [0.4, 0.5) is 5.69 Å². The number of anilines is 1. The summed E-state index contributed by atoms with van der Waals surface area (Å²) < 4.78 is 5.81. The van der Waals surface area contributed by atoms with Crippen LogP contribution in [0.5, 0.6) is 0 Å². The zero-order chi connectivity index (χ0) is 16.5. The Labute approximate surface area is 146 Å². The van der Waals surface area contributed by atoms with Gasteiger partial charge in [0.05, 0.1) is 18.5 Å². The molecule has 24 heavy (non-hydrogen) atoms. The van der Waals surface area contributed by atoms with Crippen molar-refractivity contribution in [2.75, 3.05) is 18.1 Å². The summed E-state index contributed by atoms with van der Waals surface area (Å²) in [7, 11) is 0. The molecule has 0 saturated heterocycles. The number of aromatic nitrogens is 1. The molecule has 1 amide bonds. The van der Waals surface area contributed by atoms with E-state index in [0.29, 0.717) is 18.2 Å². The summed E-state index contributed by atoms with van der Waals surface area (Å²) in [5.74, 6) is 0.730. The van der Waals surface area contributed by atoms with Gasteiger partial charge in [-0.1, -0.05) is 11.6 Å². The van der Waals surface area contributed by atoms with Crippen molar-refractivity contribution in [2.24, 2.45) is 5.92 Å². The van der Waals surface area contributed by atoms with E-state index >= 15 is 0 Å². The van der Waals surface area contributed by atoms with Gasteiger partial charge in [-0.2, -0.15) is 0 Å². The summed E-state index contributed by atoms with van der Waals surface area (Å²) in [5.41, 5.74) is 3.59. The Morgan fingerprint density at radius 1 is 1.29 bits per heavy atom. The third-order valence-electron chi connectivity index (χ3n) is 4.63. The van der Waals surface area contributed by atoms with Crippen LogP contribution in [-0.2, 0) is 17.8 Å². The summed E-state index contributed by atoms with van der Waals surface area (Å²) in [5, 5.41) is 0.672. The number of hydrogen-bond acceptors (Lipinski definition) is 3. The minimum absolute atomic E-state index is 0.00404. The van der Waals surface area contributed by atoms with Crippen LogP contribution in [0.1, 0.15) is 34.3 Å². The number of carbonyl (C=O) groups is 1. The molecule has 4 rings (SSSR count). The van der Waals surface area contributed by atoms with Crippen LogP contribution in [0, 0.1) is 5.92 Å². The third-order valence-corrected chi connectivity index (χ3v) is 4.87. The average Bonchev–Trinajstić information content (AvgIpc) is 3.40. The molecule has 124 valence electrons. The number of benzene rings is 1. The van der Waals surface area contributed by atoms with E-state index < -0.39 is 0 Å². The van der Waals surface area contributed by atoms with Crippen molar-refractivity contribution in [3.05, 3.63) is 58.4 Å². The quantitative estimate of drug-likeness (QED) is 0.828. The number of rotatable bonds is 5. The predicted molar refractivity (Wildman–Crippen MR) is 93.4 cm³/mol. The van der Waals surface area contributed by atoms with Gasteiger partial charge >= 0.3 is 0 Å². The lowest BCUT2D eigenvalue weighted by Gasteiger charge is -2.30. The standard InChI is InChI=1S/C19H19ClN2O2/c20-16-3-4-17-14(9-16)6-8-22(19(17)23)18-10-21-7-5-15(18)12-24-11-13-1-2-13/h3-5,7,9-10,13H,1-2,6,8,11-12H2. The van der Waals surface area contributed by atoms with Gasteiger partial charge in [-0.05, 0) is 55.0 Å². The highest BCUT2D eigenvalue weighted by molar-refractivity contribution is 6.30. The van der Waals surface area contributed by atoms with Crippen LogP contribution in [-0.4, -0.2) is 24.0 Å². The summed E-state index contributed by atoms with van der Waals surface area (Å²) in [6, 6.07) is 7.40. The van der Waals surface area contributed by atoms with Gasteiger partial charge in [-0.15, -0.1) is 0 Å². The Bertz CT molecular complexity index is 774. The predicted octanol–water partition coefficient (Wildman–Crippen LogP) is 3.86. The fourth-order valence-electron chi connectivity index (χ4n) is 3.09. The minimum atomic E-state index is 0.00404. The van der Waals surface area contributed by atoms with Gasteiger partial charge in [0, 0.05) is 35.5 Å². The lowest BCUT2D eigenvalue weighted by molar-refractivity contribution is 0.0976. The van der Waals surface area contributed by atoms with E-state index in [1.165, 1.54) is 12.8 Å². The first-order valence-electron chi connectivity index (χ1n) is 8.33. The third kappa shape index (κ3) is 3.17. The number of nitrogens with zero attached hydrogens (tertiary/aromatic N) is 2. The first-order chi connectivity index (χ1) is 11.7. The smallest absolute Gasteiger partial charge is 0.258 e. The van der Waals surface area contributed by atoms with Gasteiger partial charge < -0.3 is 9.64 Å². The Hall–Kier alpha value is -1.91. The minimum Gasteiger partial charge on any atom is -0.376 e. The molecule has 0 bridgehead atoms. The van der Waals surface area contributed by atoms with E-state index in [1.54, 1.807) is 23.4 Å².